The summed E-state index contributed by atoms with van der Waals surface area (Å²) in [5.41, 5.74) is 1.17. The van der Waals surface area contributed by atoms with Gasteiger partial charge in [-0.2, -0.15) is 0 Å². The van der Waals surface area contributed by atoms with E-state index in [1.165, 1.54) is 10.4 Å². The Kier molecular flexibility index (Phi) is 5.35. The van der Waals surface area contributed by atoms with E-state index in [9.17, 15) is 0 Å². The molecule has 0 saturated heterocycles. The highest BCUT2D eigenvalue weighted by molar-refractivity contribution is 7.09. The molecule has 20 heavy (non-hydrogen) atoms. The van der Waals surface area contributed by atoms with Crippen LogP contribution in [0.15, 0.2) is 23.8 Å². The van der Waals surface area contributed by atoms with Gasteiger partial charge in [0.25, 0.3) is 0 Å². The predicted molar refractivity (Wildman–Crippen MR) is 86.8 cm³/mol. The summed E-state index contributed by atoms with van der Waals surface area (Å²) in [5.74, 6) is 2.27. The average Bonchev–Trinajstić information content (AvgIpc) is 2.92. The third-order valence-corrected chi connectivity index (χ3v) is 3.99. The second kappa shape index (κ2) is 7.24. The second-order valence-corrected chi connectivity index (χ2v) is 5.96. The molecule has 2 aromatic heterocycles. The van der Waals surface area contributed by atoms with Gasteiger partial charge in [0, 0.05) is 23.5 Å². The Morgan fingerprint density at radius 3 is 2.55 bits per heavy atom. The van der Waals surface area contributed by atoms with E-state index in [1.807, 2.05) is 0 Å². The van der Waals surface area contributed by atoms with E-state index < -0.39 is 0 Å². The minimum atomic E-state index is 0.384. The molecule has 4 nitrogen and oxygen atoms in total. The molecule has 0 aliphatic heterocycles. The summed E-state index contributed by atoms with van der Waals surface area (Å²) in [6, 6.07) is 4.26. The molecule has 108 valence electrons. The second-order valence-electron chi connectivity index (χ2n) is 4.93. The minimum Gasteiger partial charge on any atom is -0.370 e. The number of thiophene rings is 1. The molecule has 0 aliphatic carbocycles. The zero-order valence-electron chi connectivity index (χ0n) is 12.3. The van der Waals surface area contributed by atoms with Crippen molar-refractivity contribution in [1.29, 1.82) is 0 Å². The molecule has 0 fully saturated rings. The molecule has 0 unspecified atom stereocenters. The van der Waals surface area contributed by atoms with Crippen molar-refractivity contribution in [1.82, 2.24) is 9.97 Å². The van der Waals surface area contributed by atoms with Crippen LogP contribution in [0.25, 0.3) is 0 Å². The van der Waals surface area contributed by atoms with E-state index >= 15 is 0 Å². The third kappa shape index (κ3) is 3.70. The topological polar surface area (TPSA) is 49.8 Å². The molecule has 0 aliphatic rings. The number of anilines is 2. The lowest BCUT2D eigenvalue weighted by atomic mass is 10.0. The first-order valence-corrected chi connectivity index (χ1v) is 7.95. The van der Waals surface area contributed by atoms with Crippen LogP contribution in [0.3, 0.4) is 0 Å². The molecule has 0 amide bonds. The third-order valence-electron chi connectivity index (χ3n) is 3.05. The molecule has 2 heterocycles. The standard InChI is InChI=1S/C15H22N4S/c1-4-16-14-13(11(2)3)15(19-10-18-14)17-8-7-12-6-5-9-20-12/h5-6,9-11H,4,7-8H2,1-3H3,(H2,16,17,18,19). The van der Waals surface area contributed by atoms with Gasteiger partial charge in [0.05, 0.1) is 0 Å². The van der Waals surface area contributed by atoms with Crippen molar-refractivity contribution in [2.45, 2.75) is 33.1 Å². The van der Waals surface area contributed by atoms with Crippen molar-refractivity contribution in [2.24, 2.45) is 0 Å². The van der Waals surface area contributed by atoms with Crippen molar-refractivity contribution < 1.29 is 0 Å². The lowest BCUT2D eigenvalue weighted by Gasteiger charge is -2.17. The van der Waals surface area contributed by atoms with Gasteiger partial charge in [-0.3, -0.25) is 0 Å². The molecule has 0 atom stereocenters. The Labute approximate surface area is 124 Å². The van der Waals surface area contributed by atoms with Gasteiger partial charge in [-0.15, -0.1) is 11.3 Å². The average molecular weight is 290 g/mol. The molecule has 0 saturated carbocycles. The largest absolute Gasteiger partial charge is 0.370 e. The SMILES string of the molecule is CCNc1ncnc(NCCc2cccs2)c1C(C)C. The van der Waals surface area contributed by atoms with Crippen molar-refractivity contribution in [3.05, 3.63) is 34.3 Å². The van der Waals surface area contributed by atoms with Gasteiger partial charge in [0.2, 0.25) is 0 Å². The summed E-state index contributed by atoms with van der Waals surface area (Å²) in [6.45, 7) is 8.18. The quantitative estimate of drug-likeness (QED) is 0.815. The summed E-state index contributed by atoms with van der Waals surface area (Å²) in [6.07, 6.45) is 2.65. The van der Waals surface area contributed by atoms with Gasteiger partial charge in [-0.05, 0) is 30.7 Å². The number of hydrogen-bond acceptors (Lipinski definition) is 5. The maximum absolute atomic E-state index is 4.40. The summed E-state index contributed by atoms with van der Waals surface area (Å²) in [5, 5.41) is 8.87. The van der Waals surface area contributed by atoms with Crippen LogP contribution in [0.5, 0.6) is 0 Å². The molecule has 0 spiro atoms. The maximum Gasteiger partial charge on any atom is 0.134 e. The molecule has 2 N–H and O–H groups in total. The lowest BCUT2D eigenvalue weighted by molar-refractivity contribution is 0.843. The fraction of sp³-hybridized carbons (Fsp3) is 0.467. The fourth-order valence-electron chi connectivity index (χ4n) is 2.15. The van der Waals surface area contributed by atoms with Crippen molar-refractivity contribution in [3.63, 3.8) is 0 Å². The fourth-order valence-corrected chi connectivity index (χ4v) is 2.86. The highest BCUT2D eigenvalue weighted by Gasteiger charge is 2.14. The van der Waals surface area contributed by atoms with E-state index in [-0.39, 0.29) is 0 Å². The summed E-state index contributed by atoms with van der Waals surface area (Å²) in [4.78, 5) is 10.1. The van der Waals surface area contributed by atoms with E-state index in [0.717, 1.165) is 31.1 Å². The van der Waals surface area contributed by atoms with Crippen LogP contribution >= 0.6 is 11.3 Å². The maximum atomic E-state index is 4.40. The first-order valence-electron chi connectivity index (χ1n) is 7.07. The summed E-state index contributed by atoms with van der Waals surface area (Å²) < 4.78 is 0. The molecular weight excluding hydrogens is 268 g/mol. The number of aromatic nitrogens is 2. The molecule has 0 radical (unpaired) electrons. The first kappa shape index (κ1) is 14.8. The number of nitrogens with one attached hydrogen (secondary N) is 2. The Hall–Kier alpha value is -1.62. The van der Waals surface area contributed by atoms with E-state index in [1.54, 1.807) is 17.7 Å². The molecule has 2 rings (SSSR count). The number of rotatable bonds is 7. The Morgan fingerprint density at radius 2 is 1.95 bits per heavy atom. The van der Waals surface area contributed by atoms with E-state index in [0.29, 0.717) is 5.92 Å². The zero-order valence-corrected chi connectivity index (χ0v) is 13.1. The van der Waals surface area contributed by atoms with Crippen molar-refractivity contribution >= 4 is 23.0 Å². The zero-order chi connectivity index (χ0) is 14.4. The number of nitrogens with zero attached hydrogens (tertiary/aromatic N) is 2. The molecule has 0 aromatic carbocycles. The van der Waals surface area contributed by atoms with Gasteiger partial charge in [0.15, 0.2) is 0 Å². The number of hydrogen-bond donors (Lipinski definition) is 2. The van der Waals surface area contributed by atoms with Crippen LogP contribution in [0.2, 0.25) is 0 Å². The molecular formula is C15H22N4S. The van der Waals surface area contributed by atoms with Crippen LogP contribution in [0.1, 0.15) is 37.1 Å². The molecule has 0 bridgehead atoms. The van der Waals surface area contributed by atoms with Crippen LogP contribution in [0.4, 0.5) is 11.6 Å². The normalized spacial score (nSPS) is 10.8. The monoisotopic (exact) mass is 290 g/mol. The Balaban J connectivity index is 2.07. The van der Waals surface area contributed by atoms with Crippen molar-refractivity contribution in [3.8, 4) is 0 Å². The Bertz CT molecular complexity index is 523. The van der Waals surface area contributed by atoms with Crippen molar-refractivity contribution in [2.75, 3.05) is 23.7 Å². The Morgan fingerprint density at radius 1 is 1.20 bits per heavy atom. The van der Waals surface area contributed by atoms with Crippen LogP contribution < -0.4 is 10.6 Å². The van der Waals surface area contributed by atoms with Gasteiger partial charge < -0.3 is 10.6 Å². The molecule has 5 heteroatoms. The highest BCUT2D eigenvalue weighted by atomic mass is 32.1. The highest BCUT2D eigenvalue weighted by Crippen LogP contribution is 2.28. The first-order chi connectivity index (χ1) is 9.72. The van der Waals surface area contributed by atoms with Gasteiger partial charge in [0.1, 0.15) is 18.0 Å². The van der Waals surface area contributed by atoms with Crippen LogP contribution in [-0.2, 0) is 6.42 Å². The van der Waals surface area contributed by atoms with Gasteiger partial charge in [-0.25, -0.2) is 9.97 Å². The predicted octanol–water partition coefficient (Wildman–Crippen LogP) is 3.75. The molecule has 2 aromatic rings. The lowest BCUT2D eigenvalue weighted by Crippen LogP contribution is -2.12. The van der Waals surface area contributed by atoms with E-state index in [4.69, 9.17) is 0 Å². The van der Waals surface area contributed by atoms with E-state index in [2.05, 4.69) is 58.9 Å². The minimum absolute atomic E-state index is 0.384. The summed E-state index contributed by atoms with van der Waals surface area (Å²) in [7, 11) is 0. The van der Waals surface area contributed by atoms with Gasteiger partial charge >= 0.3 is 0 Å². The van der Waals surface area contributed by atoms with Gasteiger partial charge in [-0.1, -0.05) is 19.9 Å². The van der Waals surface area contributed by atoms with Crippen LogP contribution in [0, 0.1) is 0 Å². The summed E-state index contributed by atoms with van der Waals surface area (Å²) >= 11 is 1.79. The smallest absolute Gasteiger partial charge is 0.134 e. The van der Waals surface area contributed by atoms with Crippen LogP contribution in [-0.4, -0.2) is 23.1 Å².